The van der Waals surface area contributed by atoms with E-state index >= 15 is 0 Å². The molecule has 4 nitrogen and oxygen atoms in total. The molecule has 0 heterocycles. The van der Waals surface area contributed by atoms with Crippen LogP contribution in [-0.2, 0) is 14.8 Å². The molecule has 0 aromatic heterocycles. The lowest BCUT2D eigenvalue weighted by molar-refractivity contribution is -0.0178. The zero-order chi connectivity index (χ0) is 12.8. The van der Waals surface area contributed by atoms with Gasteiger partial charge >= 0.3 is 0 Å². The monoisotopic (exact) mass is 259 g/mol. The van der Waals surface area contributed by atoms with Crippen molar-refractivity contribution in [2.24, 2.45) is 10.6 Å². The average Bonchev–Trinajstić information content (AvgIpc) is 2.13. The Balaban J connectivity index is 4.44. The number of rotatable bonds is 8. The molecule has 7 heteroatoms. The zero-order valence-corrected chi connectivity index (χ0v) is 10.4. The summed E-state index contributed by atoms with van der Waals surface area (Å²) in [5, 5.41) is 4.97. The number of primary sulfonamides is 1. The number of hydrogen-bond donors (Lipinski definition) is 1. The molecule has 0 aromatic rings. The molecule has 0 radical (unpaired) electrons. The van der Waals surface area contributed by atoms with Crippen LogP contribution in [0.1, 0.15) is 26.7 Å². The summed E-state index contributed by atoms with van der Waals surface area (Å²) in [6.07, 6.45) is -1.51. The van der Waals surface area contributed by atoms with Gasteiger partial charge in [-0.3, -0.25) is 0 Å². The molecule has 98 valence electrons. The van der Waals surface area contributed by atoms with Crippen molar-refractivity contribution in [3.05, 3.63) is 0 Å². The highest BCUT2D eigenvalue weighted by Crippen LogP contribution is 2.28. The van der Waals surface area contributed by atoms with Gasteiger partial charge in [-0.25, -0.2) is 22.3 Å². The maximum Gasteiger partial charge on any atom is 0.261 e. The summed E-state index contributed by atoms with van der Waals surface area (Å²) in [5.41, 5.74) is -0.664. The van der Waals surface area contributed by atoms with Gasteiger partial charge in [0.2, 0.25) is 10.0 Å². The molecular weight excluding hydrogens is 240 g/mol. The summed E-state index contributed by atoms with van der Waals surface area (Å²) in [6, 6.07) is 0. The van der Waals surface area contributed by atoms with Crippen LogP contribution in [0.2, 0.25) is 0 Å². The van der Waals surface area contributed by atoms with E-state index in [9.17, 15) is 17.2 Å². The van der Waals surface area contributed by atoms with E-state index in [0.29, 0.717) is 12.8 Å². The smallest absolute Gasteiger partial charge is 0.261 e. The molecule has 0 aliphatic carbocycles. The normalized spacial score (nSPS) is 13.4. The fraction of sp³-hybridized carbons (Fsp3) is 1.00. The highest BCUT2D eigenvalue weighted by atomic mass is 32.2. The third-order valence-corrected chi connectivity index (χ3v) is 3.67. The van der Waals surface area contributed by atoms with Crippen molar-refractivity contribution in [2.45, 2.75) is 33.1 Å². The van der Waals surface area contributed by atoms with E-state index in [2.05, 4.69) is 0 Å². The van der Waals surface area contributed by atoms with E-state index in [-0.39, 0.29) is 12.4 Å². The van der Waals surface area contributed by atoms with Gasteiger partial charge < -0.3 is 4.74 Å². The Kier molecular flexibility index (Phi) is 6.35. The number of nitrogens with two attached hydrogens (primary N) is 1. The van der Waals surface area contributed by atoms with E-state index in [1.807, 2.05) is 0 Å². The largest absolute Gasteiger partial charge is 0.375 e. The number of halogens is 2. The van der Waals surface area contributed by atoms with Gasteiger partial charge in [0.15, 0.2) is 0 Å². The lowest BCUT2D eigenvalue weighted by atomic mass is 9.85. The third kappa shape index (κ3) is 6.34. The van der Waals surface area contributed by atoms with Crippen LogP contribution < -0.4 is 5.14 Å². The first kappa shape index (κ1) is 15.7. The second-order valence-corrected chi connectivity index (χ2v) is 5.53. The van der Waals surface area contributed by atoms with Crippen LogP contribution in [0.3, 0.4) is 0 Å². The number of alkyl halides is 2. The fourth-order valence-electron chi connectivity index (χ4n) is 1.49. The van der Waals surface area contributed by atoms with E-state index in [1.54, 1.807) is 13.8 Å². The molecule has 0 aromatic carbocycles. The van der Waals surface area contributed by atoms with Gasteiger partial charge in [0, 0.05) is 5.41 Å². The van der Waals surface area contributed by atoms with Crippen LogP contribution in [0.25, 0.3) is 0 Å². The van der Waals surface area contributed by atoms with Gasteiger partial charge in [-0.1, -0.05) is 13.8 Å². The fourth-order valence-corrected chi connectivity index (χ4v) is 2.84. The number of ether oxygens (including phenoxy) is 1. The maximum atomic E-state index is 11.9. The van der Waals surface area contributed by atoms with Gasteiger partial charge in [0.25, 0.3) is 6.43 Å². The molecule has 0 saturated carbocycles. The Morgan fingerprint density at radius 1 is 1.31 bits per heavy atom. The first-order valence-corrected chi connectivity index (χ1v) is 6.82. The van der Waals surface area contributed by atoms with Crippen LogP contribution >= 0.6 is 0 Å². The standard InChI is InChI=1S/C9H19F2NO3S/c1-3-9(4-2,7-16(12,13)14)6-15-5-8(10)11/h8H,3-7H2,1-2H3,(H2,12,13,14). The minimum atomic E-state index is -3.62. The number of hydrogen-bond acceptors (Lipinski definition) is 3. The summed E-state index contributed by atoms with van der Waals surface area (Å²) < 4.78 is 50.7. The van der Waals surface area contributed by atoms with Crippen molar-refractivity contribution in [2.75, 3.05) is 19.0 Å². The van der Waals surface area contributed by atoms with Gasteiger partial charge in [0.1, 0.15) is 6.61 Å². The Labute approximate surface area is 95.2 Å². The van der Waals surface area contributed by atoms with E-state index in [4.69, 9.17) is 9.88 Å². The van der Waals surface area contributed by atoms with Crippen LogP contribution in [0.15, 0.2) is 0 Å². The molecule has 0 aliphatic heterocycles. The summed E-state index contributed by atoms with van der Waals surface area (Å²) in [7, 11) is -3.62. The summed E-state index contributed by atoms with van der Waals surface area (Å²) in [4.78, 5) is 0. The molecule has 0 saturated heterocycles. The molecule has 0 fully saturated rings. The number of sulfonamides is 1. The topological polar surface area (TPSA) is 69.4 Å². The predicted octanol–water partition coefficient (Wildman–Crippen LogP) is 1.36. The SMILES string of the molecule is CCC(CC)(COCC(F)F)CS(N)(=O)=O. The van der Waals surface area contributed by atoms with Crippen LogP contribution in [0.5, 0.6) is 0 Å². The molecule has 16 heavy (non-hydrogen) atoms. The quantitative estimate of drug-likeness (QED) is 0.715. The minimum Gasteiger partial charge on any atom is -0.375 e. The zero-order valence-electron chi connectivity index (χ0n) is 9.58. The van der Waals surface area contributed by atoms with Crippen LogP contribution in [-0.4, -0.2) is 33.8 Å². The van der Waals surface area contributed by atoms with Crippen LogP contribution in [0, 0.1) is 5.41 Å². The Hall–Kier alpha value is -0.270. The summed E-state index contributed by atoms with van der Waals surface area (Å²) in [6.45, 7) is 2.90. The van der Waals surface area contributed by atoms with Crippen LogP contribution in [0.4, 0.5) is 8.78 Å². The first-order valence-electron chi connectivity index (χ1n) is 5.11. The van der Waals surface area contributed by atoms with Gasteiger partial charge in [-0.05, 0) is 12.8 Å². The van der Waals surface area contributed by atoms with Crippen molar-refractivity contribution < 1.29 is 21.9 Å². The van der Waals surface area contributed by atoms with Crippen molar-refractivity contribution in [1.82, 2.24) is 0 Å². The lowest BCUT2D eigenvalue weighted by Crippen LogP contribution is -2.37. The summed E-state index contributed by atoms with van der Waals surface area (Å²) in [5.74, 6) is -0.240. The first-order chi connectivity index (χ1) is 7.24. The Morgan fingerprint density at radius 3 is 2.12 bits per heavy atom. The van der Waals surface area contributed by atoms with Crippen molar-refractivity contribution in [3.63, 3.8) is 0 Å². The highest BCUT2D eigenvalue weighted by Gasteiger charge is 2.31. The third-order valence-electron chi connectivity index (χ3n) is 2.66. The molecule has 0 aliphatic rings. The molecule has 0 amide bonds. The summed E-state index contributed by atoms with van der Waals surface area (Å²) >= 11 is 0. The van der Waals surface area contributed by atoms with E-state index in [0.717, 1.165) is 0 Å². The van der Waals surface area contributed by atoms with E-state index < -0.39 is 28.5 Å². The van der Waals surface area contributed by atoms with Crippen molar-refractivity contribution in [1.29, 1.82) is 0 Å². The highest BCUT2D eigenvalue weighted by molar-refractivity contribution is 7.89. The second-order valence-electron chi connectivity index (χ2n) is 3.92. The van der Waals surface area contributed by atoms with Gasteiger partial charge in [-0.15, -0.1) is 0 Å². The maximum absolute atomic E-state index is 11.9. The molecule has 0 atom stereocenters. The van der Waals surface area contributed by atoms with Crippen molar-refractivity contribution >= 4 is 10.0 Å². The lowest BCUT2D eigenvalue weighted by Gasteiger charge is -2.30. The van der Waals surface area contributed by atoms with Crippen molar-refractivity contribution in [3.8, 4) is 0 Å². The molecule has 0 unspecified atom stereocenters. The molecule has 0 spiro atoms. The molecule has 2 N–H and O–H groups in total. The molecule has 0 bridgehead atoms. The van der Waals surface area contributed by atoms with Gasteiger partial charge in [-0.2, -0.15) is 0 Å². The second kappa shape index (κ2) is 6.46. The Morgan fingerprint density at radius 2 is 1.81 bits per heavy atom. The van der Waals surface area contributed by atoms with E-state index in [1.165, 1.54) is 0 Å². The molecular formula is C9H19F2NO3S. The Bertz CT molecular complexity index is 289. The minimum absolute atomic E-state index is 0.0131. The predicted molar refractivity (Wildman–Crippen MR) is 57.8 cm³/mol. The molecule has 0 rings (SSSR count). The average molecular weight is 259 g/mol. The van der Waals surface area contributed by atoms with Gasteiger partial charge in [0.05, 0.1) is 12.4 Å².